The zero-order valence-electron chi connectivity index (χ0n) is 19.0. The molecule has 0 bridgehead atoms. The maximum atomic E-state index is 4.83. The number of aromatic nitrogens is 3. The van der Waals surface area contributed by atoms with E-state index < -0.39 is 0 Å². The van der Waals surface area contributed by atoms with Crippen LogP contribution in [-0.4, -0.2) is 53.1 Å². The van der Waals surface area contributed by atoms with Gasteiger partial charge < -0.3 is 9.80 Å². The second-order valence-corrected chi connectivity index (χ2v) is 8.68. The number of hydrogen-bond donors (Lipinski definition) is 0. The molecule has 0 unspecified atom stereocenters. The van der Waals surface area contributed by atoms with Crippen LogP contribution in [0.4, 0.5) is 5.82 Å². The molecule has 4 heterocycles. The first kappa shape index (κ1) is 21.3. The van der Waals surface area contributed by atoms with Gasteiger partial charge in [-0.05, 0) is 60.0 Å². The Balaban J connectivity index is 1.44. The lowest BCUT2D eigenvalue weighted by Gasteiger charge is -2.33. The van der Waals surface area contributed by atoms with Crippen LogP contribution < -0.4 is 4.90 Å². The molecule has 1 fully saturated rings. The van der Waals surface area contributed by atoms with Gasteiger partial charge in [0.15, 0.2) is 0 Å². The van der Waals surface area contributed by atoms with Crippen molar-refractivity contribution in [2.45, 2.75) is 12.3 Å². The predicted molar refractivity (Wildman–Crippen MR) is 133 cm³/mol. The minimum Gasteiger partial charge on any atom is -0.354 e. The van der Waals surface area contributed by atoms with Crippen molar-refractivity contribution >= 4 is 5.82 Å². The Labute approximate surface area is 195 Å². The Hall–Kier alpha value is -3.57. The Morgan fingerprint density at radius 3 is 2.06 bits per heavy atom. The number of anilines is 1. The molecular weight excluding hydrogens is 406 g/mol. The summed E-state index contributed by atoms with van der Waals surface area (Å²) in [6.07, 6.45) is 10.5. The van der Waals surface area contributed by atoms with E-state index in [1.165, 1.54) is 22.3 Å². The summed E-state index contributed by atoms with van der Waals surface area (Å²) in [5.74, 6) is 1.25. The van der Waals surface area contributed by atoms with Crippen LogP contribution in [0.5, 0.6) is 0 Å². The molecule has 1 saturated heterocycles. The minimum absolute atomic E-state index is 0.186. The average Bonchev–Trinajstić information content (AvgIpc) is 2.89. The number of benzene rings is 1. The lowest BCUT2D eigenvalue weighted by atomic mass is 9.85. The molecule has 0 saturated carbocycles. The Bertz CT molecular complexity index is 1110. The summed E-state index contributed by atoms with van der Waals surface area (Å²) in [5, 5.41) is 0. The largest absolute Gasteiger partial charge is 0.354 e. The van der Waals surface area contributed by atoms with Crippen molar-refractivity contribution in [2.24, 2.45) is 0 Å². The van der Waals surface area contributed by atoms with Gasteiger partial charge >= 0.3 is 0 Å². The predicted octanol–water partition coefficient (Wildman–Crippen LogP) is 4.67. The van der Waals surface area contributed by atoms with Gasteiger partial charge in [-0.2, -0.15) is 0 Å². The summed E-state index contributed by atoms with van der Waals surface area (Å²) >= 11 is 0. The van der Waals surface area contributed by atoms with Crippen molar-refractivity contribution in [3.63, 3.8) is 0 Å². The fourth-order valence-electron chi connectivity index (χ4n) is 4.56. The molecule has 0 N–H and O–H groups in total. The van der Waals surface area contributed by atoms with Crippen LogP contribution in [0.15, 0.2) is 91.6 Å². The Morgan fingerprint density at radius 2 is 1.45 bits per heavy atom. The molecule has 5 heteroatoms. The highest BCUT2D eigenvalue weighted by atomic mass is 15.3. The maximum Gasteiger partial charge on any atom is 0.128 e. The van der Waals surface area contributed by atoms with Crippen LogP contribution in [0.3, 0.4) is 0 Å². The summed E-state index contributed by atoms with van der Waals surface area (Å²) in [7, 11) is 2.18. The average molecular weight is 436 g/mol. The van der Waals surface area contributed by atoms with Gasteiger partial charge in [-0.25, -0.2) is 4.98 Å². The van der Waals surface area contributed by atoms with Crippen molar-refractivity contribution in [2.75, 3.05) is 38.1 Å². The number of nitrogens with zero attached hydrogens (tertiary/aromatic N) is 5. The number of piperazine rings is 1. The van der Waals surface area contributed by atoms with Gasteiger partial charge in [0.25, 0.3) is 0 Å². The quantitative estimate of drug-likeness (QED) is 0.441. The minimum atomic E-state index is 0.186. The molecule has 3 aromatic heterocycles. The van der Waals surface area contributed by atoms with E-state index in [1.54, 1.807) is 0 Å². The summed E-state index contributed by atoms with van der Waals surface area (Å²) in [5.41, 5.74) is 6.07. The van der Waals surface area contributed by atoms with Gasteiger partial charge in [0.2, 0.25) is 0 Å². The van der Waals surface area contributed by atoms with Gasteiger partial charge in [-0.15, -0.1) is 0 Å². The smallest absolute Gasteiger partial charge is 0.128 e. The van der Waals surface area contributed by atoms with E-state index in [-0.39, 0.29) is 5.92 Å². The highest BCUT2D eigenvalue weighted by molar-refractivity contribution is 5.68. The molecule has 5 rings (SSSR count). The third kappa shape index (κ3) is 4.94. The molecule has 0 radical (unpaired) electrons. The van der Waals surface area contributed by atoms with Gasteiger partial charge in [0, 0.05) is 68.6 Å². The fourth-order valence-corrected chi connectivity index (χ4v) is 4.56. The van der Waals surface area contributed by atoms with E-state index >= 15 is 0 Å². The molecule has 1 aliphatic heterocycles. The number of rotatable bonds is 6. The van der Waals surface area contributed by atoms with Crippen molar-refractivity contribution in [3.05, 3.63) is 108 Å². The second kappa shape index (κ2) is 9.92. The fraction of sp³-hybridized carbons (Fsp3) is 0.250. The summed E-state index contributed by atoms with van der Waals surface area (Å²) in [4.78, 5) is 18.3. The molecule has 0 spiro atoms. The molecular formula is C28H29N5. The van der Waals surface area contributed by atoms with Gasteiger partial charge in [-0.1, -0.05) is 36.4 Å². The van der Waals surface area contributed by atoms with E-state index in [0.29, 0.717) is 0 Å². The Morgan fingerprint density at radius 1 is 0.758 bits per heavy atom. The molecule has 4 aromatic rings. The van der Waals surface area contributed by atoms with Crippen molar-refractivity contribution in [3.8, 4) is 11.1 Å². The maximum absolute atomic E-state index is 4.83. The van der Waals surface area contributed by atoms with Crippen LogP contribution in [0.2, 0.25) is 0 Å². The molecule has 166 valence electrons. The third-order valence-electron chi connectivity index (χ3n) is 6.50. The normalized spacial score (nSPS) is 14.5. The molecule has 0 aliphatic carbocycles. The number of likely N-dealkylation sites (N-methyl/N-ethyl adjacent to an activating group) is 1. The van der Waals surface area contributed by atoms with Crippen LogP contribution in [0.1, 0.15) is 22.6 Å². The molecule has 1 aromatic carbocycles. The standard InChI is InChI=1S/C28H29N5/c1-32-14-16-33(17-15-32)28-11-10-25(21-31-28)26-9-3-2-6-22(26)18-27(23-7-4-12-29-19-23)24-8-5-13-30-20-24/h2-13,19-21,27H,14-18H2,1H3. The highest BCUT2D eigenvalue weighted by Gasteiger charge is 2.19. The van der Waals surface area contributed by atoms with Crippen LogP contribution >= 0.6 is 0 Å². The molecule has 5 nitrogen and oxygen atoms in total. The van der Waals surface area contributed by atoms with Crippen LogP contribution in [0, 0.1) is 0 Å². The first-order valence-corrected chi connectivity index (χ1v) is 11.6. The molecule has 0 atom stereocenters. The van der Waals surface area contributed by atoms with Crippen molar-refractivity contribution < 1.29 is 0 Å². The molecule has 0 amide bonds. The lowest BCUT2D eigenvalue weighted by molar-refractivity contribution is 0.312. The first-order chi connectivity index (χ1) is 16.3. The Kier molecular flexibility index (Phi) is 6.40. The SMILES string of the molecule is CN1CCN(c2ccc(-c3ccccc3CC(c3cccnc3)c3cccnc3)cn2)CC1. The zero-order valence-corrected chi connectivity index (χ0v) is 19.0. The highest BCUT2D eigenvalue weighted by Crippen LogP contribution is 2.32. The molecule has 33 heavy (non-hydrogen) atoms. The second-order valence-electron chi connectivity index (χ2n) is 8.68. The van der Waals surface area contributed by atoms with Gasteiger partial charge in [0.1, 0.15) is 5.82 Å². The lowest BCUT2D eigenvalue weighted by Crippen LogP contribution is -2.44. The first-order valence-electron chi connectivity index (χ1n) is 11.6. The van der Waals surface area contributed by atoms with Crippen LogP contribution in [-0.2, 0) is 6.42 Å². The summed E-state index contributed by atoms with van der Waals surface area (Å²) in [6.45, 7) is 4.21. The van der Waals surface area contributed by atoms with Gasteiger partial charge in [-0.3, -0.25) is 9.97 Å². The third-order valence-corrected chi connectivity index (χ3v) is 6.50. The van der Waals surface area contributed by atoms with E-state index in [1.807, 2.05) is 43.1 Å². The monoisotopic (exact) mass is 435 g/mol. The number of pyridine rings is 3. The van der Waals surface area contributed by atoms with E-state index in [4.69, 9.17) is 4.98 Å². The summed E-state index contributed by atoms with van der Waals surface area (Å²) in [6, 6.07) is 21.3. The van der Waals surface area contributed by atoms with Crippen LogP contribution in [0.25, 0.3) is 11.1 Å². The summed E-state index contributed by atoms with van der Waals surface area (Å²) < 4.78 is 0. The van der Waals surface area contributed by atoms with Crippen molar-refractivity contribution in [1.29, 1.82) is 0 Å². The van der Waals surface area contributed by atoms with E-state index in [2.05, 4.69) is 75.3 Å². The van der Waals surface area contributed by atoms with Crippen molar-refractivity contribution in [1.82, 2.24) is 19.9 Å². The topological polar surface area (TPSA) is 45.2 Å². The van der Waals surface area contributed by atoms with E-state index in [0.717, 1.165) is 44.0 Å². The molecule has 1 aliphatic rings. The zero-order chi connectivity index (χ0) is 22.5. The van der Waals surface area contributed by atoms with Gasteiger partial charge in [0.05, 0.1) is 0 Å². The number of hydrogen-bond acceptors (Lipinski definition) is 5. The van der Waals surface area contributed by atoms with E-state index in [9.17, 15) is 0 Å².